The van der Waals surface area contributed by atoms with Crippen molar-refractivity contribution in [1.29, 1.82) is 0 Å². The molecule has 24 N–H and O–H groups in total. The van der Waals surface area contributed by atoms with Gasteiger partial charge in [-0.25, -0.2) is 0 Å². The van der Waals surface area contributed by atoms with Crippen molar-refractivity contribution in [2.24, 2.45) is 68.8 Å². The molecular formula is C60H156N12S24. The number of nitrogens with two attached hydrogens (primary N) is 12. The summed E-state index contributed by atoms with van der Waals surface area (Å²) in [6.07, 6.45) is 7.53. The molecule has 0 aliphatic heterocycles. The first-order chi connectivity index (χ1) is 56.6. The predicted molar refractivity (Wildman–Crippen MR) is 531 cm³/mol. The second-order valence-corrected chi connectivity index (χ2v) is 43.0. The fourth-order valence-corrected chi connectivity index (χ4v) is 21.2. The fourth-order valence-electron chi connectivity index (χ4n) is 2.36. The van der Waals surface area contributed by atoms with Crippen molar-refractivity contribution in [2.45, 2.75) is 160 Å². The second kappa shape index (κ2) is 167. The number of hydrogen-bond donors (Lipinski definition) is 12. The lowest BCUT2D eigenvalue weighted by atomic mass is 10.6. The van der Waals surface area contributed by atoms with Crippen LogP contribution in [0.5, 0.6) is 0 Å². The van der Waals surface area contributed by atoms with E-state index in [1.54, 1.807) is 111 Å². The Morgan fingerprint density at radius 3 is 0.625 bits per heavy atom. The first kappa shape index (κ1) is 79.2. The third-order valence-electron chi connectivity index (χ3n) is 5.67. The molecule has 36 heteroatoms. The third kappa shape index (κ3) is 225. The van der Waals surface area contributed by atoms with Crippen LogP contribution in [0.3, 0.4) is 0 Å². The van der Waals surface area contributed by atoms with Gasteiger partial charge in [0.05, 0.1) is 0 Å². The van der Waals surface area contributed by atoms with E-state index < -0.39 is 87.2 Å². The van der Waals surface area contributed by atoms with Gasteiger partial charge in [0.15, 0.2) is 0 Å². The molecule has 0 saturated carbocycles. The molecule has 0 heterocycles. The molecular weight excluding hydrogens is 1660 g/mol. The lowest BCUT2D eigenvalue weighted by Gasteiger charge is -1.93. The molecule has 12 nitrogen and oxygen atoms in total. The zero-order valence-corrected chi connectivity index (χ0v) is 79.0. The van der Waals surface area contributed by atoms with E-state index in [2.05, 4.69) is 27.7 Å². The first-order valence-corrected chi connectivity index (χ1v) is 58.8. The van der Waals surface area contributed by atoms with E-state index in [0.29, 0.717) is 49.2 Å². The minimum absolute atomic E-state index is 0.0144. The molecule has 0 radical (unpaired) electrons. The average Bonchev–Trinajstić information content (AvgIpc) is 0.917. The Kier molecular flexibility index (Phi) is 138. The van der Waals surface area contributed by atoms with E-state index in [9.17, 15) is 0 Å². The van der Waals surface area contributed by atoms with Crippen molar-refractivity contribution in [3.05, 3.63) is 0 Å². The molecule has 600 valence electrons. The molecule has 0 aromatic heterocycles. The Bertz CT molecular complexity index is 1870. The lowest BCUT2D eigenvalue weighted by molar-refractivity contribution is 1.11. The Labute approximate surface area is 732 Å². The molecule has 0 aliphatic rings. The molecule has 0 aliphatic carbocycles. The van der Waals surface area contributed by atoms with Crippen LogP contribution in [0.1, 0.15) is 196 Å². The van der Waals surface area contributed by atoms with Gasteiger partial charge in [-0.2, -0.15) is 0 Å². The van der Waals surface area contributed by atoms with Gasteiger partial charge in [-0.15, -0.1) is 0 Å². The van der Waals surface area contributed by atoms with E-state index in [-0.39, 0.29) is 59.3 Å². The van der Waals surface area contributed by atoms with Crippen LogP contribution >= 0.6 is 259 Å². The average molecular weight is 1840 g/mol. The largest absolute Gasteiger partial charge is 0.330 e. The van der Waals surface area contributed by atoms with Crippen molar-refractivity contribution in [1.82, 2.24) is 0 Å². The van der Waals surface area contributed by atoms with Gasteiger partial charge in [-0.3, -0.25) is 0 Å². The SMILES string of the molecule is [2H]C(C)CSSC([2H])C([2H])N.[2H]C(C)CSSC([2H])CN.[2H]C(C)CSSCC([2H])N.[2H]C(CC)SSC([2H])C([2H])N.[2H]C(CC)SSC([2H])CN.[2H]C(CN)SSC([2H])C([2H])C.[2H]C(CN)SSCCC.[2H]C(N)C([2H])SSCCC.[2H]C(N)CSSC([2H])CC.[2H]C(N)CSSCCC.[2H]C(SSCCC)C([2H])([2H])N.[2H]C([2H])(N)CSSCCC. The predicted octanol–water partition coefficient (Wildman–Crippen LogP) is 20.8. The summed E-state index contributed by atoms with van der Waals surface area (Å²) in [6.45, 7) is 17.8. The van der Waals surface area contributed by atoms with Gasteiger partial charge in [-0.1, -0.05) is 342 Å². The molecule has 0 rings (SSSR count). The van der Waals surface area contributed by atoms with Crippen molar-refractivity contribution in [3.8, 4) is 0 Å². The molecule has 0 bridgehead atoms. The highest BCUT2D eigenvalue weighted by Crippen LogP contribution is 2.26. The van der Waals surface area contributed by atoms with Crippen LogP contribution in [0.4, 0.5) is 0 Å². The smallest absolute Gasteiger partial charge is 0.0434 e. The van der Waals surface area contributed by atoms with Crippen LogP contribution in [-0.2, 0) is 0 Å². The van der Waals surface area contributed by atoms with Gasteiger partial charge in [-0.05, 0) is 77.0 Å². The maximum Gasteiger partial charge on any atom is 0.0434 e. The Morgan fingerprint density at radius 2 is 0.375 bits per heavy atom. The number of rotatable bonds is 60. The van der Waals surface area contributed by atoms with Gasteiger partial charge in [0.25, 0.3) is 0 Å². The normalized spacial score (nSPS) is 21.2. The minimum atomic E-state index is -1.88. The summed E-state index contributed by atoms with van der Waals surface area (Å²) in [5, 5.41) is 0. The molecule has 0 aromatic carbocycles. The van der Waals surface area contributed by atoms with Crippen LogP contribution in [0, 0.1) is 0 Å². The monoisotopic (exact) mass is 1840 g/mol. The highest BCUT2D eigenvalue weighted by molar-refractivity contribution is 8.79. The lowest BCUT2D eigenvalue weighted by Crippen LogP contribution is -1.99. The van der Waals surface area contributed by atoms with Gasteiger partial charge < -0.3 is 68.8 Å². The summed E-state index contributed by atoms with van der Waals surface area (Å²) < 4.78 is 185. The fraction of sp³-hybridized carbons (Fsp3) is 1.00. The number of hydrogen-bond acceptors (Lipinski definition) is 36. The molecule has 0 fully saturated rings. The van der Waals surface area contributed by atoms with Gasteiger partial charge >= 0.3 is 0 Å². The molecule has 0 aromatic rings. The summed E-state index contributed by atoms with van der Waals surface area (Å²) in [6, 6.07) is 0. The van der Waals surface area contributed by atoms with Crippen LogP contribution < -0.4 is 68.8 Å². The molecule has 0 saturated heterocycles. The van der Waals surface area contributed by atoms with Crippen molar-refractivity contribution in [2.75, 3.05) is 216 Å². The van der Waals surface area contributed by atoms with E-state index in [4.69, 9.17) is 104 Å². The van der Waals surface area contributed by atoms with Crippen LogP contribution in [0.2, 0.25) is 0 Å². The summed E-state index contributed by atoms with van der Waals surface area (Å²) in [4.78, 5) is 0. The van der Waals surface area contributed by atoms with Crippen LogP contribution in [0.25, 0.3) is 0 Å². The molecule has 22 atom stereocenters. The molecule has 22 unspecified atom stereocenters. The van der Waals surface area contributed by atoms with E-state index >= 15 is 0 Å². The minimum Gasteiger partial charge on any atom is -0.330 e. The highest BCUT2D eigenvalue weighted by atomic mass is 33.1. The van der Waals surface area contributed by atoms with Gasteiger partial charge in [0.2, 0.25) is 0 Å². The first-order valence-electron chi connectivity index (χ1n) is 45.0. The van der Waals surface area contributed by atoms with Gasteiger partial charge in [0, 0.05) is 252 Å². The Morgan fingerprint density at radius 1 is 0.167 bits per heavy atom. The van der Waals surface area contributed by atoms with Gasteiger partial charge in [0.1, 0.15) is 0 Å². The zero-order chi connectivity index (χ0) is 97.6. The zero-order valence-electron chi connectivity index (χ0n) is 85.4. The molecule has 96 heavy (non-hydrogen) atoms. The maximum atomic E-state index is 7.33. The topological polar surface area (TPSA) is 312 Å². The van der Waals surface area contributed by atoms with Crippen molar-refractivity contribution < 1.29 is 35.6 Å². The maximum absolute atomic E-state index is 7.33. The summed E-state index contributed by atoms with van der Waals surface area (Å²) in [5.41, 5.74) is 57.6. The molecule has 0 amide bonds. The van der Waals surface area contributed by atoms with Crippen LogP contribution in [-0.4, -0.2) is 216 Å². The second-order valence-electron chi connectivity index (χ2n) is 14.4. The van der Waals surface area contributed by atoms with Crippen molar-refractivity contribution >= 4 is 259 Å². The van der Waals surface area contributed by atoms with Crippen molar-refractivity contribution in [3.63, 3.8) is 0 Å². The third-order valence-corrected chi connectivity index (χ3v) is 31.8. The Hall–Kier alpha value is 7.92. The van der Waals surface area contributed by atoms with E-state index in [0.717, 1.165) is 84.5 Å². The quantitative estimate of drug-likeness (QED) is 0.0199. The van der Waals surface area contributed by atoms with E-state index in [1.807, 2.05) is 41.5 Å². The standard InChI is InChI=1S/12C5H13NS2/c12*1-2-4-7-8-5-3-6/h12*2-6H2,1H3/i3D,4D,5D;2D,4D,5D;2D,3D,5D;4D,5D;3D2,5D;3D,5D;3D,4D;2D,5D;2D,3D;5D;3D2;3D. The Balaban J connectivity index is -0.000000108. The summed E-state index contributed by atoms with van der Waals surface area (Å²) in [7, 11) is 35.4. The molecule has 0 spiro atoms. The van der Waals surface area contributed by atoms with E-state index in [1.165, 1.54) is 175 Å². The van der Waals surface area contributed by atoms with Crippen LogP contribution in [0.15, 0.2) is 0 Å². The summed E-state index contributed by atoms with van der Waals surface area (Å²) >= 11 is 0. The highest BCUT2D eigenvalue weighted by Gasteiger charge is 1.91. The summed E-state index contributed by atoms with van der Waals surface area (Å²) in [5.74, 6) is 9.99.